The molecule has 0 saturated heterocycles. The Kier molecular flexibility index (Phi) is 6.10. The van der Waals surface area contributed by atoms with Gasteiger partial charge in [-0.05, 0) is 53.8 Å². The van der Waals surface area contributed by atoms with Crippen molar-refractivity contribution in [3.05, 3.63) is 126 Å². The molecule has 1 unspecified atom stereocenters. The minimum absolute atomic E-state index is 0.0539. The van der Waals surface area contributed by atoms with Gasteiger partial charge in [0.15, 0.2) is 4.80 Å². The van der Waals surface area contributed by atoms with Gasteiger partial charge in [0.05, 0.1) is 30.5 Å². The summed E-state index contributed by atoms with van der Waals surface area (Å²) in [6, 6.07) is 23.9. The maximum atomic E-state index is 13.9. The summed E-state index contributed by atoms with van der Waals surface area (Å²) in [5.41, 5.74) is 6.44. The zero-order chi connectivity index (χ0) is 25.4. The van der Waals surface area contributed by atoms with Crippen LogP contribution < -0.4 is 24.4 Å². The third kappa shape index (κ3) is 4.13. The van der Waals surface area contributed by atoms with Crippen molar-refractivity contribution in [2.75, 3.05) is 14.2 Å². The number of rotatable bonds is 5. The number of benzene rings is 3. The highest BCUT2D eigenvalue weighted by molar-refractivity contribution is 7.07. The van der Waals surface area contributed by atoms with E-state index in [2.05, 4.69) is 24.3 Å². The number of hydrogen-bond donors (Lipinski definition) is 0. The Hall–Kier alpha value is -4.16. The standard InChI is InChI=1S/C31H26N2O3S/c1-35-22-16-18-26(36-2)25(19-22)29-24-17-15-21-12-6-7-13-23(21)28(24)32-31-33(29)30(34)27(37-31)14-8-11-20-9-4-3-5-10-20/h3-14,16,18-19,29H,15,17H2,1-2H3/b11-8+,27-14?. The summed E-state index contributed by atoms with van der Waals surface area (Å²) in [6.07, 6.45) is 7.53. The molecular formula is C31H26N2O3S. The van der Waals surface area contributed by atoms with Crippen molar-refractivity contribution in [1.82, 2.24) is 4.57 Å². The molecule has 0 N–H and O–H groups in total. The van der Waals surface area contributed by atoms with E-state index in [1.54, 1.807) is 14.2 Å². The molecule has 6 rings (SSSR count). The molecule has 4 aromatic rings. The van der Waals surface area contributed by atoms with Crippen LogP contribution in [0, 0.1) is 0 Å². The zero-order valence-electron chi connectivity index (χ0n) is 20.7. The van der Waals surface area contributed by atoms with Crippen molar-refractivity contribution in [2.45, 2.75) is 18.9 Å². The molecule has 0 saturated carbocycles. The number of aromatic nitrogens is 1. The van der Waals surface area contributed by atoms with Crippen LogP contribution in [-0.4, -0.2) is 18.8 Å². The van der Waals surface area contributed by atoms with Crippen LogP contribution >= 0.6 is 11.3 Å². The first kappa shape index (κ1) is 23.3. The van der Waals surface area contributed by atoms with Gasteiger partial charge in [0, 0.05) is 11.1 Å². The second kappa shape index (κ2) is 9.71. The van der Waals surface area contributed by atoms with Gasteiger partial charge in [-0.25, -0.2) is 4.99 Å². The molecule has 6 heteroatoms. The highest BCUT2D eigenvalue weighted by atomic mass is 32.1. The number of hydrogen-bond acceptors (Lipinski definition) is 5. The van der Waals surface area contributed by atoms with Crippen LogP contribution in [0.3, 0.4) is 0 Å². The van der Waals surface area contributed by atoms with Gasteiger partial charge >= 0.3 is 0 Å². The van der Waals surface area contributed by atoms with Crippen LogP contribution in [0.1, 0.15) is 34.7 Å². The Morgan fingerprint density at radius 2 is 1.78 bits per heavy atom. The highest BCUT2D eigenvalue weighted by Crippen LogP contribution is 2.44. The second-order valence-corrected chi connectivity index (χ2v) is 10.0. The Bertz CT molecular complexity index is 1730. The molecule has 1 aliphatic heterocycles. The number of fused-ring (bicyclic) bond motifs is 3. The van der Waals surface area contributed by atoms with Crippen molar-refractivity contribution >= 4 is 29.2 Å². The average molecular weight is 507 g/mol. The molecule has 1 atom stereocenters. The lowest BCUT2D eigenvalue weighted by Gasteiger charge is -2.31. The normalized spacial score (nSPS) is 16.7. The van der Waals surface area contributed by atoms with Gasteiger partial charge in [-0.15, -0.1) is 0 Å². The van der Waals surface area contributed by atoms with Crippen LogP contribution in [0.4, 0.5) is 0 Å². The van der Waals surface area contributed by atoms with Gasteiger partial charge in [0.25, 0.3) is 5.56 Å². The van der Waals surface area contributed by atoms with Gasteiger partial charge in [-0.2, -0.15) is 0 Å². The van der Waals surface area contributed by atoms with Gasteiger partial charge in [-0.1, -0.05) is 78.1 Å². The molecule has 0 amide bonds. The van der Waals surface area contributed by atoms with E-state index < -0.39 is 0 Å². The fraction of sp³-hybridized carbons (Fsp3) is 0.161. The molecule has 1 aliphatic carbocycles. The van der Waals surface area contributed by atoms with Crippen molar-refractivity contribution in [2.24, 2.45) is 4.99 Å². The van der Waals surface area contributed by atoms with E-state index in [9.17, 15) is 4.79 Å². The fourth-order valence-electron chi connectivity index (χ4n) is 5.18. The van der Waals surface area contributed by atoms with Gasteiger partial charge in [0.1, 0.15) is 11.5 Å². The van der Waals surface area contributed by atoms with Crippen LogP contribution in [0.15, 0.2) is 94.2 Å². The third-order valence-corrected chi connectivity index (χ3v) is 7.94. The maximum absolute atomic E-state index is 13.9. The largest absolute Gasteiger partial charge is 0.497 e. The summed E-state index contributed by atoms with van der Waals surface area (Å²) >= 11 is 1.42. The van der Waals surface area contributed by atoms with E-state index in [0.29, 0.717) is 9.33 Å². The predicted molar refractivity (Wildman–Crippen MR) is 149 cm³/mol. The molecule has 2 aliphatic rings. The van der Waals surface area contributed by atoms with Crippen molar-refractivity contribution < 1.29 is 9.47 Å². The quantitative estimate of drug-likeness (QED) is 0.383. The minimum Gasteiger partial charge on any atom is -0.497 e. The van der Waals surface area contributed by atoms with Crippen LogP contribution in [0.2, 0.25) is 0 Å². The van der Waals surface area contributed by atoms with Crippen molar-refractivity contribution in [3.8, 4) is 11.5 Å². The Morgan fingerprint density at radius 1 is 0.973 bits per heavy atom. The molecule has 1 aromatic heterocycles. The molecule has 3 aromatic carbocycles. The van der Waals surface area contributed by atoms with E-state index in [-0.39, 0.29) is 11.6 Å². The lowest BCUT2D eigenvalue weighted by molar-refractivity contribution is 0.392. The third-order valence-electron chi connectivity index (χ3n) is 6.94. The molecule has 0 radical (unpaired) electrons. The van der Waals surface area contributed by atoms with Crippen molar-refractivity contribution in [3.63, 3.8) is 0 Å². The summed E-state index contributed by atoms with van der Waals surface area (Å²) in [7, 11) is 3.31. The lowest BCUT2D eigenvalue weighted by atomic mass is 9.83. The molecule has 5 nitrogen and oxygen atoms in total. The van der Waals surface area contributed by atoms with E-state index in [4.69, 9.17) is 14.5 Å². The molecule has 0 fully saturated rings. The lowest BCUT2D eigenvalue weighted by Crippen LogP contribution is -2.38. The summed E-state index contributed by atoms with van der Waals surface area (Å²) in [5, 5.41) is 0. The topological polar surface area (TPSA) is 52.8 Å². The molecule has 37 heavy (non-hydrogen) atoms. The smallest absolute Gasteiger partial charge is 0.271 e. The van der Waals surface area contributed by atoms with E-state index >= 15 is 0 Å². The fourth-order valence-corrected chi connectivity index (χ4v) is 6.13. The maximum Gasteiger partial charge on any atom is 0.271 e. The molecule has 0 spiro atoms. The Morgan fingerprint density at radius 3 is 2.59 bits per heavy atom. The number of nitrogens with zero attached hydrogens (tertiary/aromatic N) is 2. The minimum atomic E-state index is -0.329. The number of ether oxygens (including phenoxy) is 2. The van der Waals surface area contributed by atoms with Crippen LogP contribution in [0.25, 0.3) is 17.8 Å². The summed E-state index contributed by atoms with van der Waals surface area (Å²) in [5.74, 6) is 1.44. The number of thiazole rings is 1. The SMILES string of the molecule is COc1ccc(OC)c(C2C3=C(N=c4sc(=C/C=C/c5ccccc5)c(=O)n42)c2ccccc2CC3)c1. The highest BCUT2D eigenvalue weighted by Gasteiger charge is 2.34. The predicted octanol–water partition coefficient (Wildman–Crippen LogP) is 5.00. The number of allylic oxidation sites excluding steroid dienone is 2. The van der Waals surface area contributed by atoms with E-state index in [1.165, 1.54) is 16.9 Å². The van der Waals surface area contributed by atoms with E-state index in [0.717, 1.165) is 52.3 Å². The number of methoxy groups -OCH3 is 2. The molecule has 0 bridgehead atoms. The molecular weight excluding hydrogens is 480 g/mol. The summed E-state index contributed by atoms with van der Waals surface area (Å²) < 4.78 is 13.8. The van der Waals surface area contributed by atoms with Gasteiger partial charge in [0.2, 0.25) is 0 Å². The number of aryl methyl sites for hydroxylation is 1. The van der Waals surface area contributed by atoms with E-state index in [1.807, 2.05) is 71.3 Å². The Labute approximate surface area is 219 Å². The first-order valence-corrected chi connectivity index (χ1v) is 13.1. The average Bonchev–Trinajstić information content (AvgIpc) is 3.26. The second-order valence-electron chi connectivity index (χ2n) is 9.01. The first-order chi connectivity index (χ1) is 18.2. The summed E-state index contributed by atoms with van der Waals surface area (Å²) in [4.78, 5) is 19.6. The van der Waals surface area contributed by atoms with Gasteiger partial charge < -0.3 is 9.47 Å². The first-order valence-electron chi connectivity index (χ1n) is 12.2. The summed E-state index contributed by atoms with van der Waals surface area (Å²) in [6.45, 7) is 0. The Balaban J connectivity index is 1.58. The monoisotopic (exact) mass is 506 g/mol. The van der Waals surface area contributed by atoms with Crippen LogP contribution in [0.5, 0.6) is 11.5 Å². The van der Waals surface area contributed by atoms with Crippen LogP contribution in [-0.2, 0) is 6.42 Å². The molecule has 184 valence electrons. The van der Waals surface area contributed by atoms with Crippen molar-refractivity contribution in [1.29, 1.82) is 0 Å². The molecule has 2 heterocycles. The van der Waals surface area contributed by atoms with Gasteiger partial charge in [-0.3, -0.25) is 9.36 Å². The zero-order valence-corrected chi connectivity index (χ0v) is 21.5.